The average Bonchev–Trinajstić information content (AvgIpc) is 2.29. The first-order chi connectivity index (χ1) is 7.29. The average molecular weight is 205 g/mol. The molecule has 0 saturated carbocycles. The number of carbonyl (C=O) groups is 1. The van der Waals surface area contributed by atoms with Crippen molar-refractivity contribution in [3.05, 3.63) is 48.6 Å². The predicted molar refractivity (Wildman–Crippen MR) is 59.6 cm³/mol. The van der Waals surface area contributed by atoms with Gasteiger partial charge in [-0.1, -0.05) is 24.3 Å². The van der Waals surface area contributed by atoms with Gasteiger partial charge in [-0.2, -0.15) is 0 Å². The Morgan fingerprint density at radius 3 is 2.60 bits per heavy atom. The Morgan fingerprint density at radius 1 is 1.40 bits per heavy atom. The minimum atomic E-state index is -0.0791. The molecule has 0 heterocycles. The summed E-state index contributed by atoms with van der Waals surface area (Å²) in [7, 11) is 0. The zero-order chi connectivity index (χ0) is 11.1. The quantitative estimate of drug-likeness (QED) is 0.736. The molecular formula is C12H15NO2. The molecule has 0 aliphatic rings. The van der Waals surface area contributed by atoms with E-state index in [4.69, 9.17) is 5.11 Å². The zero-order valence-corrected chi connectivity index (χ0v) is 8.60. The van der Waals surface area contributed by atoms with Crippen LogP contribution in [-0.4, -0.2) is 35.6 Å². The van der Waals surface area contributed by atoms with Gasteiger partial charge in [0, 0.05) is 18.7 Å². The number of hydrogen-bond donors (Lipinski definition) is 1. The van der Waals surface area contributed by atoms with Crippen LogP contribution < -0.4 is 0 Å². The van der Waals surface area contributed by atoms with Crippen LogP contribution in [-0.2, 0) is 0 Å². The van der Waals surface area contributed by atoms with E-state index >= 15 is 0 Å². The molecule has 80 valence electrons. The number of rotatable bonds is 5. The van der Waals surface area contributed by atoms with Gasteiger partial charge in [-0.05, 0) is 12.1 Å². The summed E-state index contributed by atoms with van der Waals surface area (Å²) in [5.74, 6) is -0.0791. The lowest BCUT2D eigenvalue weighted by molar-refractivity contribution is 0.0743. The van der Waals surface area contributed by atoms with E-state index in [9.17, 15) is 4.79 Å². The molecule has 0 aromatic heterocycles. The molecule has 1 aromatic carbocycles. The van der Waals surface area contributed by atoms with Gasteiger partial charge in [0.1, 0.15) is 0 Å². The van der Waals surface area contributed by atoms with Gasteiger partial charge in [0.05, 0.1) is 6.61 Å². The van der Waals surface area contributed by atoms with Crippen molar-refractivity contribution in [1.29, 1.82) is 0 Å². The smallest absolute Gasteiger partial charge is 0.254 e. The molecule has 0 saturated heterocycles. The molecule has 0 atom stereocenters. The van der Waals surface area contributed by atoms with Gasteiger partial charge in [0.2, 0.25) is 0 Å². The Balaban J connectivity index is 2.76. The first-order valence-corrected chi connectivity index (χ1v) is 4.85. The molecule has 0 aliphatic carbocycles. The van der Waals surface area contributed by atoms with Crippen LogP contribution in [0.1, 0.15) is 10.4 Å². The molecule has 3 nitrogen and oxygen atoms in total. The summed E-state index contributed by atoms with van der Waals surface area (Å²) in [6.45, 7) is 4.33. The molecule has 0 unspecified atom stereocenters. The number of carbonyl (C=O) groups excluding carboxylic acids is 1. The fourth-order valence-corrected chi connectivity index (χ4v) is 1.32. The van der Waals surface area contributed by atoms with E-state index in [-0.39, 0.29) is 12.5 Å². The van der Waals surface area contributed by atoms with Gasteiger partial charge in [0.15, 0.2) is 0 Å². The van der Waals surface area contributed by atoms with Crippen molar-refractivity contribution in [2.45, 2.75) is 0 Å². The molecular weight excluding hydrogens is 190 g/mol. The van der Waals surface area contributed by atoms with Crippen molar-refractivity contribution in [2.75, 3.05) is 19.7 Å². The van der Waals surface area contributed by atoms with Crippen LogP contribution in [0.3, 0.4) is 0 Å². The van der Waals surface area contributed by atoms with Crippen LogP contribution in [0.15, 0.2) is 43.0 Å². The normalized spacial score (nSPS) is 9.67. The zero-order valence-electron chi connectivity index (χ0n) is 8.60. The third kappa shape index (κ3) is 3.22. The van der Waals surface area contributed by atoms with Crippen molar-refractivity contribution >= 4 is 5.91 Å². The summed E-state index contributed by atoms with van der Waals surface area (Å²) in [5, 5.41) is 8.83. The van der Waals surface area contributed by atoms with Gasteiger partial charge >= 0.3 is 0 Å². The maximum Gasteiger partial charge on any atom is 0.254 e. The van der Waals surface area contributed by atoms with Crippen molar-refractivity contribution in [3.63, 3.8) is 0 Å². The second-order valence-corrected chi connectivity index (χ2v) is 3.13. The van der Waals surface area contributed by atoms with Crippen LogP contribution in [0.4, 0.5) is 0 Å². The Bertz CT molecular complexity index is 322. The van der Waals surface area contributed by atoms with E-state index < -0.39 is 0 Å². The molecule has 0 aliphatic heterocycles. The summed E-state index contributed by atoms with van der Waals surface area (Å²) in [4.78, 5) is 13.4. The topological polar surface area (TPSA) is 40.5 Å². The molecule has 1 aromatic rings. The third-order valence-corrected chi connectivity index (χ3v) is 2.03. The maximum absolute atomic E-state index is 11.9. The van der Waals surface area contributed by atoms with Crippen molar-refractivity contribution < 1.29 is 9.90 Å². The minimum Gasteiger partial charge on any atom is -0.395 e. The Kier molecular flexibility index (Phi) is 4.57. The monoisotopic (exact) mass is 205 g/mol. The molecule has 0 radical (unpaired) electrons. The second kappa shape index (κ2) is 5.98. The lowest BCUT2D eigenvalue weighted by Gasteiger charge is -2.19. The van der Waals surface area contributed by atoms with Gasteiger partial charge < -0.3 is 10.0 Å². The highest BCUT2D eigenvalue weighted by Crippen LogP contribution is 2.04. The number of hydrogen-bond acceptors (Lipinski definition) is 2. The highest BCUT2D eigenvalue weighted by molar-refractivity contribution is 5.94. The molecule has 15 heavy (non-hydrogen) atoms. The van der Waals surface area contributed by atoms with Crippen LogP contribution in [0, 0.1) is 0 Å². The number of benzene rings is 1. The van der Waals surface area contributed by atoms with E-state index in [0.29, 0.717) is 18.7 Å². The highest BCUT2D eigenvalue weighted by atomic mass is 16.3. The lowest BCUT2D eigenvalue weighted by atomic mass is 10.2. The fraction of sp³-hybridized carbons (Fsp3) is 0.250. The van der Waals surface area contributed by atoms with Crippen LogP contribution in [0.5, 0.6) is 0 Å². The third-order valence-electron chi connectivity index (χ3n) is 2.03. The first kappa shape index (κ1) is 11.5. The summed E-state index contributed by atoms with van der Waals surface area (Å²) in [5.41, 5.74) is 0.632. The molecule has 0 spiro atoms. The number of nitrogens with zero attached hydrogens (tertiary/aromatic N) is 1. The van der Waals surface area contributed by atoms with Gasteiger partial charge in [0.25, 0.3) is 5.91 Å². The van der Waals surface area contributed by atoms with E-state index in [1.165, 1.54) is 0 Å². The summed E-state index contributed by atoms with van der Waals surface area (Å²) in [6, 6.07) is 9.02. The Labute approximate surface area is 89.6 Å². The van der Waals surface area contributed by atoms with E-state index in [1.807, 2.05) is 18.2 Å². The van der Waals surface area contributed by atoms with Gasteiger partial charge in [-0.15, -0.1) is 6.58 Å². The minimum absolute atomic E-state index is 0.0353. The number of amides is 1. The van der Waals surface area contributed by atoms with Crippen LogP contribution in [0.25, 0.3) is 0 Å². The van der Waals surface area contributed by atoms with E-state index in [2.05, 4.69) is 6.58 Å². The van der Waals surface area contributed by atoms with Crippen LogP contribution in [0.2, 0.25) is 0 Å². The predicted octanol–water partition coefficient (Wildman–Crippen LogP) is 1.31. The van der Waals surface area contributed by atoms with E-state index in [1.54, 1.807) is 23.1 Å². The Hall–Kier alpha value is -1.61. The molecule has 0 bridgehead atoms. The summed E-state index contributed by atoms with van der Waals surface area (Å²) in [6.07, 6.45) is 1.65. The fourth-order valence-electron chi connectivity index (χ4n) is 1.32. The maximum atomic E-state index is 11.9. The largest absolute Gasteiger partial charge is 0.395 e. The molecule has 0 fully saturated rings. The molecule has 1 amide bonds. The first-order valence-electron chi connectivity index (χ1n) is 4.85. The molecule has 1 rings (SSSR count). The lowest BCUT2D eigenvalue weighted by Crippen LogP contribution is -2.33. The van der Waals surface area contributed by atoms with Crippen LogP contribution >= 0.6 is 0 Å². The van der Waals surface area contributed by atoms with E-state index in [0.717, 1.165) is 0 Å². The number of aliphatic hydroxyl groups excluding tert-OH is 1. The van der Waals surface area contributed by atoms with Crippen molar-refractivity contribution in [2.24, 2.45) is 0 Å². The Morgan fingerprint density at radius 2 is 2.07 bits per heavy atom. The standard InChI is InChI=1S/C12H15NO2/c1-2-8-13(9-10-14)12(15)11-6-4-3-5-7-11/h2-7,14H,1,8-10H2. The van der Waals surface area contributed by atoms with Crippen molar-refractivity contribution in [1.82, 2.24) is 4.90 Å². The SMILES string of the molecule is C=CCN(CCO)C(=O)c1ccccc1. The summed E-state index contributed by atoms with van der Waals surface area (Å²) < 4.78 is 0. The van der Waals surface area contributed by atoms with Gasteiger partial charge in [-0.25, -0.2) is 0 Å². The molecule has 1 N–H and O–H groups in total. The molecule has 3 heteroatoms. The highest BCUT2D eigenvalue weighted by Gasteiger charge is 2.12. The number of aliphatic hydroxyl groups is 1. The van der Waals surface area contributed by atoms with Crippen molar-refractivity contribution in [3.8, 4) is 0 Å². The second-order valence-electron chi connectivity index (χ2n) is 3.13. The summed E-state index contributed by atoms with van der Waals surface area (Å²) >= 11 is 0. The van der Waals surface area contributed by atoms with Gasteiger partial charge in [-0.3, -0.25) is 4.79 Å².